The van der Waals surface area contributed by atoms with Gasteiger partial charge in [0.05, 0.1) is 6.20 Å². The minimum absolute atomic E-state index is 0.180. The average molecular weight is 408 g/mol. The molecule has 1 fully saturated rings. The van der Waals surface area contributed by atoms with Crippen molar-refractivity contribution in [3.05, 3.63) is 58.2 Å². The van der Waals surface area contributed by atoms with Crippen LogP contribution in [0.1, 0.15) is 53.5 Å². The summed E-state index contributed by atoms with van der Waals surface area (Å²) in [7, 11) is 1.67. The highest BCUT2D eigenvalue weighted by atomic mass is 16.4. The van der Waals surface area contributed by atoms with Crippen LogP contribution in [0.5, 0.6) is 0 Å². The summed E-state index contributed by atoms with van der Waals surface area (Å²) in [6, 6.07) is 3.37. The van der Waals surface area contributed by atoms with Gasteiger partial charge in [-0.05, 0) is 50.7 Å². The molecule has 30 heavy (non-hydrogen) atoms. The molecule has 0 aromatic carbocycles. The van der Waals surface area contributed by atoms with Gasteiger partial charge < -0.3 is 14.3 Å². The lowest BCUT2D eigenvalue weighted by molar-refractivity contribution is 0.0940. The third-order valence-electron chi connectivity index (χ3n) is 5.77. The third kappa shape index (κ3) is 4.14. The topological polar surface area (TPSA) is 116 Å². The van der Waals surface area contributed by atoms with E-state index in [1.54, 1.807) is 37.8 Å². The molecule has 9 nitrogen and oxygen atoms in total. The Morgan fingerprint density at radius 2 is 2.00 bits per heavy atom. The molecule has 0 unspecified atom stereocenters. The lowest BCUT2D eigenvalue weighted by Crippen LogP contribution is -2.36. The zero-order chi connectivity index (χ0) is 21.1. The maximum absolute atomic E-state index is 12.4. The van der Waals surface area contributed by atoms with Gasteiger partial charge in [-0.2, -0.15) is 0 Å². The van der Waals surface area contributed by atoms with E-state index in [1.807, 2.05) is 6.92 Å². The Morgan fingerprint density at radius 1 is 1.20 bits per heavy atom. The molecule has 1 amide bonds. The van der Waals surface area contributed by atoms with E-state index in [2.05, 4.69) is 25.5 Å². The van der Waals surface area contributed by atoms with Crippen LogP contribution in [0.3, 0.4) is 0 Å². The summed E-state index contributed by atoms with van der Waals surface area (Å²) >= 11 is 0. The van der Waals surface area contributed by atoms with Crippen molar-refractivity contribution < 1.29 is 9.21 Å². The molecule has 1 aliphatic carbocycles. The standard InChI is InChI=1S/C21H24N6O3/c1-13-3-8-16(21(29)27(13)2)18(28)24-11-14-4-6-15(7-5-14)19-25-26-20(30-19)17-12-22-9-10-23-17/h3,8-10,12,14-15H,4-7,11H2,1-2H3,(H,24,28). The van der Waals surface area contributed by atoms with Crippen LogP contribution in [0.15, 0.2) is 39.9 Å². The van der Waals surface area contributed by atoms with Crippen LogP contribution in [0, 0.1) is 12.8 Å². The van der Waals surface area contributed by atoms with Gasteiger partial charge in [0.15, 0.2) is 0 Å². The number of pyridine rings is 1. The number of hydrogen-bond donors (Lipinski definition) is 1. The van der Waals surface area contributed by atoms with Gasteiger partial charge in [0.25, 0.3) is 17.4 Å². The molecule has 0 saturated heterocycles. The number of carbonyl (C=O) groups is 1. The van der Waals surface area contributed by atoms with E-state index in [9.17, 15) is 9.59 Å². The molecular weight excluding hydrogens is 384 g/mol. The summed E-state index contributed by atoms with van der Waals surface area (Å²) < 4.78 is 7.29. The van der Waals surface area contributed by atoms with E-state index in [0.717, 1.165) is 31.4 Å². The van der Waals surface area contributed by atoms with Gasteiger partial charge in [0.2, 0.25) is 5.89 Å². The van der Waals surface area contributed by atoms with Crippen molar-refractivity contribution in [2.75, 3.05) is 6.54 Å². The molecule has 1 saturated carbocycles. The van der Waals surface area contributed by atoms with Crippen molar-refractivity contribution in [2.24, 2.45) is 13.0 Å². The smallest absolute Gasteiger partial charge is 0.267 e. The largest absolute Gasteiger partial charge is 0.419 e. The highest BCUT2D eigenvalue weighted by Gasteiger charge is 2.27. The molecule has 0 radical (unpaired) electrons. The Balaban J connectivity index is 1.30. The van der Waals surface area contributed by atoms with E-state index in [4.69, 9.17) is 4.42 Å². The highest BCUT2D eigenvalue weighted by Crippen LogP contribution is 2.35. The van der Waals surface area contributed by atoms with Gasteiger partial charge >= 0.3 is 0 Å². The van der Waals surface area contributed by atoms with Gasteiger partial charge in [-0.25, -0.2) is 4.98 Å². The van der Waals surface area contributed by atoms with Crippen LogP contribution in [0.25, 0.3) is 11.6 Å². The molecule has 3 aromatic heterocycles. The first-order valence-corrected chi connectivity index (χ1v) is 10.1. The number of rotatable bonds is 5. The van der Waals surface area contributed by atoms with Crippen LogP contribution in [-0.2, 0) is 7.05 Å². The van der Waals surface area contributed by atoms with Crippen LogP contribution in [-0.4, -0.2) is 37.2 Å². The van der Waals surface area contributed by atoms with Gasteiger partial charge in [-0.15, -0.1) is 10.2 Å². The SMILES string of the molecule is Cc1ccc(C(=O)NCC2CCC(c3nnc(-c4cnccn4)o3)CC2)c(=O)n1C. The zero-order valence-corrected chi connectivity index (χ0v) is 17.0. The van der Waals surface area contributed by atoms with Gasteiger partial charge in [0, 0.05) is 37.6 Å². The number of hydrogen-bond acceptors (Lipinski definition) is 7. The average Bonchev–Trinajstić information content (AvgIpc) is 3.27. The number of aromatic nitrogens is 5. The highest BCUT2D eigenvalue weighted by molar-refractivity contribution is 5.93. The fourth-order valence-electron chi connectivity index (χ4n) is 3.76. The number of carbonyl (C=O) groups excluding carboxylic acids is 1. The maximum Gasteiger partial charge on any atom is 0.267 e. The molecule has 0 bridgehead atoms. The normalized spacial score (nSPS) is 18.9. The predicted octanol–water partition coefficient (Wildman–Crippen LogP) is 2.24. The second kappa shape index (κ2) is 8.56. The molecular formula is C21H24N6O3. The fourth-order valence-corrected chi connectivity index (χ4v) is 3.76. The Labute approximate surface area is 173 Å². The lowest BCUT2D eigenvalue weighted by Gasteiger charge is -2.26. The Bertz CT molecular complexity index is 1080. The van der Waals surface area contributed by atoms with E-state index in [-0.39, 0.29) is 22.9 Å². The van der Waals surface area contributed by atoms with Crippen LogP contribution < -0.4 is 10.9 Å². The summed E-state index contributed by atoms with van der Waals surface area (Å²) in [5, 5.41) is 11.2. The molecule has 3 aromatic rings. The van der Waals surface area contributed by atoms with Gasteiger partial charge in [0.1, 0.15) is 11.3 Å². The lowest BCUT2D eigenvalue weighted by atomic mass is 9.82. The van der Waals surface area contributed by atoms with Crippen molar-refractivity contribution in [2.45, 2.75) is 38.5 Å². The molecule has 0 aliphatic heterocycles. The molecule has 0 atom stereocenters. The number of nitrogens with one attached hydrogen (secondary N) is 1. The molecule has 9 heteroatoms. The van der Waals surface area contributed by atoms with Gasteiger partial charge in [-0.3, -0.25) is 14.6 Å². The number of nitrogens with zero attached hydrogens (tertiary/aromatic N) is 5. The van der Waals surface area contributed by atoms with Crippen LogP contribution >= 0.6 is 0 Å². The summed E-state index contributed by atoms with van der Waals surface area (Å²) in [6.45, 7) is 2.39. The van der Waals surface area contributed by atoms with Crippen molar-refractivity contribution in [1.82, 2.24) is 30.0 Å². The molecule has 3 heterocycles. The van der Waals surface area contributed by atoms with E-state index >= 15 is 0 Å². The summed E-state index contributed by atoms with van der Waals surface area (Å²) in [5.41, 5.74) is 1.29. The fraction of sp³-hybridized carbons (Fsp3) is 0.429. The first-order chi connectivity index (χ1) is 14.5. The Hall–Kier alpha value is -3.36. The van der Waals surface area contributed by atoms with E-state index in [0.29, 0.717) is 29.9 Å². The van der Waals surface area contributed by atoms with Crippen LogP contribution in [0.2, 0.25) is 0 Å². The second-order valence-corrected chi connectivity index (χ2v) is 7.72. The second-order valence-electron chi connectivity index (χ2n) is 7.72. The monoisotopic (exact) mass is 408 g/mol. The van der Waals surface area contributed by atoms with Crippen molar-refractivity contribution in [1.29, 1.82) is 0 Å². The molecule has 0 spiro atoms. The first-order valence-electron chi connectivity index (χ1n) is 10.1. The summed E-state index contributed by atoms with van der Waals surface area (Å²) in [4.78, 5) is 32.9. The molecule has 4 rings (SSSR count). The van der Waals surface area contributed by atoms with E-state index < -0.39 is 0 Å². The minimum Gasteiger partial charge on any atom is -0.419 e. The zero-order valence-electron chi connectivity index (χ0n) is 17.0. The number of amides is 1. The van der Waals surface area contributed by atoms with Crippen molar-refractivity contribution >= 4 is 5.91 Å². The third-order valence-corrected chi connectivity index (χ3v) is 5.77. The Kier molecular flexibility index (Phi) is 5.69. The van der Waals surface area contributed by atoms with Crippen LogP contribution in [0.4, 0.5) is 0 Å². The predicted molar refractivity (Wildman–Crippen MR) is 109 cm³/mol. The summed E-state index contributed by atoms with van der Waals surface area (Å²) in [6.07, 6.45) is 8.49. The maximum atomic E-state index is 12.4. The number of aryl methyl sites for hydroxylation is 1. The van der Waals surface area contributed by atoms with E-state index in [1.165, 1.54) is 4.57 Å². The molecule has 1 aliphatic rings. The quantitative estimate of drug-likeness (QED) is 0.688. The summed E-state index contributed by atoms with van der Waals surface area (Å²) in [5.74, 6) is 1.26. The minimum atomic E-state index is -0.316. The van der Waals surface area contributed by atoms with Gasteiger partial charge in [-0.1, -0.05) is 0 Å². The molecule has 1 N–H and O–H groups in total. The van der Waals surface area contributed by atoms with Crippen molar-refractivity contribution in [3.63, 3.8) is 0 Å². The van der Waals surface area contributed by atoms with Crippen molar-refractivity contribution in [3.8, 4) is 11.6 Å². The first kappa shape index (κ1) is 19.9. The Morgan fingerprint density at radius 3 is 2.73 bits per heavy atom. The molecule has 156 valence electrons.